The monoisotopic (exact) mass is 409 g/mol. The van der Waals surface area contributed by atoms with Crippen LogP contribution in [0.1, 0.15) is 42.9 Å². The number of carbonyl (C=O) groups excluding carboxylic acids is 1. The summed E-state index contributed by atoms with van der Waals surface area (Å²) in [5, 5.41) is 9.25. The second-order valence-corrected chi connectivity index (χ2v) is 8.14. The molecule has 1 heterocycles. The van der Waals surface area contributed by atoms with Crippen molar-refractivity contribution in [2.75, 3.05) is 7.11 Å². The van der Waals surface area contributed by atoms with Crippen LogP contribution in [-0.4, -0.2) is 34.5 Å². The number of ether oxygens (including phenoxy) is 1. The number of rotatable bonds is 8. The summed E-state index contributed by atoms with van der Waals surface area (Å²) in [6.45, 7) is 4.72. The molecule has 6 heteroatoms. The quantitative estimate of drug-likeness (QED) is 0.454. The molecular weight excluding hydrogens is 382 g/mol. The van der Waals surface area contributed by atoms with Gasteiger partial charge in [-0.2, -0.15) is 5.10 Å². The highest BCUT2D eigenvalue weighted by Gasteiger charge is 2.37. The average Bonchev–Trinajstić information content (AvgIpc) is 3.03. The topological polar surface area (TPSA) is 54.3 Å². The molecule has 1 aliphatic heterocycles. The molecule has 1 fully saturated rings. The Hall–Kier alpha value is -2.60. The molecule has 1 atom stereocenters. The number of carbonyl (C=O) groups is 1. The maximum Gasteiger partial charge on any atom is 0.242 e. The molecule has 1 saturated heterocycles. The molecule has 2 aromatic rings. The molecule has 0 radical (unpaired) electrons. The zero-order valence-electron chi connectivity index (χ0n) is 17.2. The Morgan fingerprint density at radius 3 is 2.69 bits per heavy atom. The highest BCUT2D eigenvalue weighted by atomic mass is 32.2. The number of hydrogen-bond donors (Lipinski definition) is 0. The minimum absolute atomic E-state index is 0.0841. The lowest BCUT2D eigenvalue weighted by molar-refractivity contribution is -0.126. The van der Waals surface area contributed by atoms with E-state index in [9.17, 15) is 4.79 Å². The number of amides is 1. The minimum Gasteiger partial charge on any atom is -0.496 e. The molecule has 3 rings (SSSR count). The van der Waals surface area contributed by atoms with Gasteiger partial charge in [-0.05, 0) is 36.6 Å². The molecule has 0 aromatic heterocycles. The Labute approximate surface area is 176 Å². The van der Waals surface area contributed by atoms with Crippen LogP contribution in [0.3, 0.4) is 0 Å². The van der Waals surface area contributed by atoms with Gasteiger partial charge in [-0.3, -0.25) is 9.69 Å². The summed E-state index contributed by atoms with van der Waals surface area (Å²) in [5.74, 6) is 0.863. The van der Waals surface area contributed by atoms with Gasteiger partial charge in [0.25, 0.3) is 0 Å². The van der Waals surface area contributed by atoms with E-state index in [1.54, 1.807) is 18.2 Å². The van der Waals surface area contributed by atoms with Crippen LogP contribution in [0.4, 0.5) is 0 Å². The number of nitrogens with zero attached hydrogens (tertiary/aromatic N) is 3. The molecule has 1 amide bonds. The van der Waals surface area contributed by atoms with Gasteiger partial charge in [0.15, 0.2) is 5.17 Å². The third-order valence-corrected chi connectivity index (χ3v) is 6.14. The van der Waals surface area contributed by atoms with Gasteiger partial charge >= 0.3 is 0 Å². The number of aryl methyl sites for hydroxylation is 1. The van der Waals surface area contributed by atoms with Gasteiger partial charge in [-0.1, -0.05) is 67.9 Å². The van der Waals surface area contributed by atoms with Crippen molar-refractivity contribution >= 4 is 29.1 Å². The fourth-order valence-corrected chi connectivity index (χ4v) is 4.32. The molecule has 0 saturated carbocycles. The van der Waals surface area contributed by atoms with Crippen LogP contribution in [-0.2, 0) is 11.3 Å². The van der Waals surface area contributed by atoms with E-state index in [-0.39, 0.29) is 11.2 Å². The van der Waals surface area contributed by atoms with Crippen molar-refractivity contribution in [2.45, 2.75) is 44.9 Å². The second-order valence-electron chi connectivity index (χ2n) is 6.97. The van der Waals surface area contributed by atoms with Gasteiger partial charge in [-0.15, -0.1) is 5.10 Å². The zero-order valence-corrected chi connectivity index (χ0v) is 18.0. The van der Waals surface area contributed by atoms with Crippen molar-refractivity contribution in [3.8, 4) is 5.75 Å². The molecule has 0 N–H and O–H groups in total. The second kappa shape index (κ2) is 10.3. The van der Waals surface area contributed by atoms with Crippen LogP contribution in [0, 0.1) is 6.92 Å². The standard InChI is InChI=1S/C23H27N3O2S/c1-4-5-14-21-22(27)26(16-19-12-7-6-10-17(19)2)23(29-21)25-24-15-18-11-8-9-13-20(18)28-3/h6-13,15,21H,4-5,14,16H2,1-3H3/b24-15+,25-23+. The lowest BCUT2D eigenvalue weighted by atomic mass is 10.1. The predicted molar refractivity (Wildman–Crippen MR) is 121 cm³/mol. The van der Waals surface area contributed by atoms with Crippen LogP contribution in [0.25, 0.3) is 0 Å². The summed E-state index contributed by atoms with van der Waals surface area (Å²) in [6.07, 6.45) is 4.63. The van der Waals surface area contributed by atoms with E-state index in [0.717, 1.165) is 36.1 Å². The van der Waals surface area contributed by atoms with Gasteiger partial charge in [0.1, 0.15) is 5.75 Å². The highest BCUT2D eigenvalue weighted by Crippen LogP contribution is 2.32. The van der Waals surface area contributed by atoms with Gasteiger partial charge in [0.05, 0.1) is 25.1 Å². The molecule has 0 spiro atoms. The molecule has 152 valence electrons. The molecule has 2 aromatic carbocycles. The van der Waals surface area contributed by atoms with Gasteiger partial charge in [0.2, 0.25) is 5.91 Å². The number of hydrogen-bond acceptors (Lipinski definition) is 5. The lowest BCUT2D eigenvalue weighted by Gasteiger charge is -2.17. The molecule has 29 heavy (non-hydrogen) atoms. The van der Waals surface area contributed by atoms with E-state index >= 15 is 0 Å². The molecule has 0 aliphatic carbocycles. The maximum absolute atomic E-state index is 13.0. The predicted octanol–water partition coefficient (Wildman–Crippen LogP) is 5.03. The van der Waals surface area contributed by atoms with E-state index in [1.165, 1.54) is 17.3 Å². The van der Waals surface area contributed by atoms with Crippen molar-refractivity contribution in [3.63, 3.8) is 0 Å². The summed E-state index contributed by atoms with van der Waals surface area (Å²) in [6, 6.07) is 15.8. The lowest BCUT2D eigenvalue weighted by Crippen LogP contribution is -2.31. The Morgan fingerprint density at radius 1 is 1.17 bits per heavy atom. The highest BCUT2D eigenvalue weighted by molar-refractivity contribution is 8.15. The normalized spacial score (nSPS) is 18.2. The Morgan fingerprint density at radius 2 is 1.93 bits per heavy atom. The molecule has 1 aliphatic rings. The first-order chi connectivity index (χ1) is 14.1. The smallest absolute Gasteiger partial charge is 0.242 e. The van der Waals surface area contributed by atoms with Crippen molar-refractivity contribution in [3.05, 3.63) is 65.2 Å². The third kappa shape index (κ3) is 5.26. The van der Waals surface area contributed by atoms with Gasteiger partial charge in [-0.25, -0.2) is 0 Å². The summed E-state index contributed by atoms with van der Waals surface area (Å²) >= 11 is 1.52. The summed E-state index contributed by atoms with van der Waals surface area (Å²) < 4.78 is 5.35. The van der Waals surface area contributed by atoms with Crippen LogP contribution >= 0.6 is 11.8 Å². The summed E-state index contributed by atoms with van der Waals surface area (Å²) in [7, 11) is 1.63. The van der Waals surface area contributed by atoms with Crippen LogP contribution in [0.15, 0.2) is 58.7 Å². The van der Waals surface area contributed by atoms with Crippen molar-refractivity contribution in [2.24, 2.45) is 10.2 Å². The van der Waals surface area contributed by atoms with Crippen LogP contribution in [0.2, 0.25) is 0 Å². The van der Waals surface area contributed by atoms with Crippen molar-refractivity contribution in [1.29, 1.82) is 0 Å². The van der Waals surface area contributed by atoms with Crippen LogP contribution in [0.5, 0.6) is 5.75 Å². The van der Waals surface area contributed by atoms with Gasteiger partial charge in [0, 0.05) is 5.56 Å². The Bertz CT molecular complexity index is 911. The van der Waals surface area contributed by atoms with E-state index in [0.29, 0.717) is 11.7 Å². The Balaban J connectivity index is 1.84. The number of unbranched alkanes of at least 4 members (excludes halogenated alkanes) is 1. The Kier molecular flexibility index (Phi) is 7.47. The SMILES string of the molecule is CCCCC1S/C(=N/N=C/c2ccccc2OC)N(Cc2ccccc2C)C1=O. The largest absolute Gasteiger partial charge is 0.496 e. The fraction of sp³-hybridized carbons (Fsp3) is 0.348. The number of benzene rings is 2. The molecule has 1 unspecified atom stereocenters. The maximum atomic E-state index is 13.0. The first kappa shape index (κ1) is 21.1. The average molecular weight is 410 g/mol. The number of thioether (sulfide) groups is 1. The first-order valence-corrected chi connectivity index (χ1v) is 10.8. The first-order valence-electron chi connectivity index (χ1n) is 9.90. The molecule has 0 bridgehead atoms. The molecular formula is C23H27N3O2S. The zero-order chi connectivity index (χ0) is 20.6. The van der Waals surface area contributed by atoms with E-state index in [2.05, 4.69) is 36.2 Å². The molecule has 5 nitrogen and oxygen atoms in total. The van der Waals surface area contributed by atoms with Gasteiger partial charge < -0.3 is 4.74 Å². The van der Waals surface area contributed by atoms with E-state index in [4.69, 9.17) is 4.74 Å². The van der Waals surface area contributed by atoms with Crippen molar-refractivity contribution < 1.29 is 9.53 Å². The number of amidine groups is 1. The fourth-order valence-electron chi connectivity index (χ4n) is 3.18. The number of methoxy groups -OCH3 is 1. The summed E-state index contributed by atoms with van der Waals surface area (Å²) in [5.41, 5.74) is 3.14. The van der Waals surface area contributed by atoms with E-state index < -0.39 is 0 Å². The summed E-state index contributed by atoms with van der Waals surface area (Å²) in [4.78, 5) is 14.8. The van der Waals surface area contributed by atoms with Crippen molar-refractivity contribution in [1.82, 2.24) is 4.90 Å². The van der Waals surface area contributed by atoms with Crippen LogP contribution < -0.4 is 4.74 Å². The van der Waals surface area contributed by atoms with E-state index in [1.807, 2.05) is 36.4 Å². The minimum atomic E-state index is -0.0841. The third-order valence-electron chi connectivity index (χ3n) is 4.91. The number of para-hydroxylation sites is 1.